The molecule has 1 fully saturated rings. The van der Waals surface area contributed by atoms with Gasteiger partial charge in [-0.3, -0.25) is 15.4 Å². The number of amides is 1. The molecule has 3 rings (SSSR count). The van der Waals surface area contributed by atoms with E-state index in [0.29, 0.717) is 10.7 Å². The van der Waals surface area contributed by atoms with Crippen molar-refractivity contribution in [2.24, 2.45) is 12.8 Å². The van der Waals surface area contributed by atoms with E-state index in [1.807, 2.05) is 0 Å². The number of hydrogen-bond acceptors (Lipinski definition) is 9. The number of carboxylic acid groups (broad SMARTS) is 1. The van der Waals surface area contributed by atoms with Crippen LogP contribution in [0.5, 0.6) is 0 Å². The first-order valence-corrected chi connectivity index (χ1v) is 7.48. The maximum absolute atomic E-state index is 12.2. The number of carboxylic acids is 1. The third-order valence-corrected chi connectivity index (χ3v) is 4.74. The number of rotatable bonds is 5. The molecular formula is C11H14N6O5S. The lowest BCUT2D eigenvalue weighted by atomic mass is 9.96. The number of carbonyl (C=O) groups excluding carboxylic acids is 1. The molecule has 1 aromatic heterocycles. The fraction of sp³-hybridized carbons (Fsp3) is 0.545. The number of aryl methyl sites for hydroxylation is 1. The second-order valence-corrected chi connectivity index (χ2v) is 5.91. The third-order valence-electron chi connectivity index (χ3n) is 3.64. The summed E-state index contributed by atoms with van der Waals surface area (Å²) in [7, 11) is 2.94. The van der Waals surface area contributed by atoms with Crippen molar-refractivity contribution in [2.75, 3.05) is 19.5 Å². The number of thioether (sulfide) groups is 1. The van der Waals surface area contributed by atoms with Crippen LogP contribution in [0.4, 0.5) is 0 Å². The molecular weight excluding hydrogens is 328 g/mol. The summed E-state index contributed by atoms with van der Waals surface area (Å²) in [6, 6.07) is 0. The summed E-state index contributed by atoms with van der Waals surface area (Å²) in [6.45, 7) is 0.0245. The quantitative estimate of drug-likeness (QED) is 0.355. The highest BCUT2D eigenvalue weighted by molar-refractivity contribution is 7.99. The molecule has 0 spiro atoms. The molecule has 1 unspecified atom stereocenters. The molecule has 0 bridgehead atoms. The van der Waals surface area contributed by atoms with Crippen molar-refractivity contribution in [3.8, 4) is 0 Å². The van der Waals surface area contributed by atoms with Crippen LogP contribution in [0, 0.1) is 0 Å². The van der Waals surface area contributed by atoms with Crippen LogP contribution in [0.3, 0.4) is 0 Å². The minimum Gasteiger partial charge on any atom is -0.477 e. The van der Waals surface area contributed by atoms with Gasteiger partial charge in [0.05, 0.1) is 6.61 Å². The molecule has 0 radical (unpaired) electrons. The summed E-state index contributed by atoms with van der Waals surface area (Å²) in [5.41, 5.74) is 4.45. The van der Waals surface area contributed by atoms with E-state index in [0.717, 1.165) is 4.90 Å². The van der Waals surface area contributed by atoms with E-state index in [4.69, 9.17) is 15.2 Å². The number of β-lactam (4-membered cyclic amide) rings is 1. The number of nitrogens with zero attached hydrogens (tertiary/aromatic N) is 5. The minimum absolute atomic E-state index is 0.0245. The molecule has 23 heavy (non-hydrogen) atoms. The predicted octanol–water partition coefficient (Wildman–Crippen LogP) is -1.86. The molecule has 3 N–H and O–H groups in total. The van der Waals surface area contributed by atoms with Crippen molar-refractivity contribution in [3.05, 3.63) is 11.3 Å². The Balaban J connectivity index is 1.85. The van der Waals surface area contributed by atoms with Crippen LogP contribution in [-0.4, -0.2) is 73.5 Å². The molecule has 1 saturated heterocycles. The van der Waals surface area contributed by atoms with Crippen LogP contribution in [0.15, 0.2) is 16.4 Å². The van der Waals surface area contributed by atoms with Gasteiger partial charge in [-0.25, -0.2) is 9.48 Å². The van der Waals surface area contributed by atoms with Gasteiger partial charge in [0.25, 0.3) is 5.91 Å². The van der Waals surface area contributed by atoms with Gasteiger partial charge >= 0.3 is 5.97 Å². The lowest BCUT2D eigenvalue weighted by molar-refractivity contribution is -0.248. The van der Waals surface area contributed by atoms with Crippen LogP contribution in [0.1, 0.15) is 0 Å². The number of aromatic nitrogens is 4. The molecule has 2 aliphatic rings. The van der Waals surface area contributed by atoms with Crippen LogP contribution < -0.4 is 5.73 Å². The monoisotopic (exact) mass is 342 g/mol. The third kappa shape index (κ3) is 2.30. The lowest BCUT2D eigenvalue weighted by Gasteiger charge is -2.53. The Morgan fingerprint density at radius 2 is 2.39 bits per heavy atom. The summed E-state index contributed by atoms with van der Waals surface area (Å²) in [4.78, 5) is 24.7. The summed E-state index contributed by atoms with van der Waals surface area (Å²) >= 11 is 1.24. The van der Waals surface area contributed by atoms with E-state index in [1.54, 1.807) is 7.05 Å². The maximum Gasteiger partial charge on any atom is 0.352 e. The van der Waals surface area contributed by atoms with Gasteiger partial charge in [-0.1, -0.05) is 11.8 Å². The number of nitrogens with two attached hydrogens (primary N) is 1. The van der Waals surface area contributed by atoms with E-state index in [2.05, 4.69) is 15.5 Å². The first-order valence-electron chi connectivity index (χ1n) is 6.50. The van der Waals surface area contributed by atoms with Gasteiger partial charge in [0.2, 0.25) is 10.9 Å². The minimum atomic E-state index is -1.65. The van der Waals surface area contributed by atoms with Crippen molar-refractivity contribution in [2.45, 2.75) is 17.1 Å². The Hall–Kier alpha value is -2.02. The average Bonchev–Trinajstić information content (AvgIpc) is 2.95. The Kier molecular flexibility index (Phi) is 3.83. The number of tetrazole rings is 1. The smallest absolute Gasteiger partial charge is 0.352 e. The lowest BCUT2D eigenvalue weighted by Crippen LogP contribution is -2.80. The second-order valence-electron chi connectivity index (χ2n) is 4.97. The van der Waals surface area contributed by atoms with E-state index in [1.165, 1.54) is 23.6 Å². The van der Waals surface area contributed by atoms with Gasteiger partial charge in [-0.15, -0.1) is 5.10 Å². The summed E-state index contributed by atoms with van der Waals surface area (Å²) in [5.74, 6) is -1.61. The van der Waals surface area contributed by atoms with E-state index >= 15 is 0 Å². The fourth-order valence-electron chi connectivity index (χ4n) is 2.41. The number of methoxy groups -OCH3 is 1. The standard InChI is InChI=1S/C11H14N6O5S/c1-16-10(13-14-15-16)23-4-5-3-22-9-11(12,21-2)8(20)17(9)6(5)7(18)19/h9H,3-4,12H2,1-2H3,(H,18,19)/t9?,11-/m0/s1. The van der Waals surface area contributed by atoms with E-state index < -0.39 is 23.8 Å². The van der Waals surface area contributed by atoms with Gasteiger partial charge in [0.15, 0.2) is 6.23 Å². The molecule has 3 heterocycles. The number of fused-ring (bicyclic) bond motifs is 1. The van der Waals surface area contributed by atoms with Gasteiger partial charge in [-0.05, 0) is 16.0 Å². The molecule has 0 saturated carbocycles. The topological polar surface area (TPSA) is 146 Å². The van der Waals surface area contributed by atoms with Gasteiger partial charge in [0.1, 0.15) is 5.70 Å². The Morgan fingerprint density at radius 3 is 2.96 bits per heavy atom. The summed E-state index contributed by atoms with van der Waals surface area (Å²) in [5, 5.41) is 21.0. The van der Waals surface area contributed by atoms with Crippen molar-refractivity contribution in [1.29, 1.82) is 0 Å². The predicted molar refractivity (Wildman–Crippen MR) is 74.7 cm³/mol. The molecule has 1 aromatic rings. The van der Waals surface area contributed by atoms with Gasteiger partial charge in [0, 0.05) is 19.9 Å². The highest BCUT2D eigenvalue weighted by Gasteiger charge is 2.64. The number of carbonyl (C=O) groups is 2. The molecule has 0 aromatic carbocycles. The number of ether oxygens (including phenoxy) is 2. The number of aliphatic carboxylic acids is 1. The number of hydrogen-bond donors (Lipinski definition) is 2. The Morgan fingerprint density at radius 1 is 1.65 bits per heavy atom. The molecule has 11 nitrogen and oxygen atoms in total. The highest BCUT2D eigenvalue weighted by atomic mass is 32.2. The largest absolute Gasteiger partial charge is 0.477 e. The van der Waals surface area contributed by atoms with E-state index in [-0.39, 0.29) is 18.1 Å². The zero-order chi connectivity index (χ0) is 16.8. The van der Waals surface area contributed by atoms with Crippen LogP contribution in [-0.2, 0) is 26.1 Å². The highest BCUT2D eigenvalue weighted by Crippen LogP contribution is 2.39. The first kappa shape index (κ1) is 15.9. The van der Waals surface area contributed by atoms with Crippen molar-refractivity contribution < 1.29 is 24.2 Å². The molecule has 12 heteroatoms. The SMILES string of the molecule is CO[C@@]1(N)C(=O)N2C(C(=O)O)=C(CSc3nnnn3C)COC21. The second kappa shape index (κ2) is 5.56. The molecule has 0 aliphatic carbocycles. The van der Waals surface area contributed by atoms with Crippen molar-refractivity contribution >= 4 is 23.6 Å². The van der Waals surface area contributed by atoms with Gasteiger partial charge in [-0.2, -0.15) is 0 Å². The maximum atomic E-state index is 12.2. The summed E-state index contributed by atoms with van der Waals surface area (Å²) in [6.07, 6.45) is -0.948. The summed E-state index contributed by atoms with van der Waals surface area (Å²) < 4.78 is 11.9. The van der Waals surface area contributed by atoms with Crippen LogP contribution in [0.25, 0.3) is 0 Å². The first-order chi connectivity index (χ1) is 10.9. The van der Waals surface area contributed by atoms with Crippen molar-refractivity contribution in [3.63, 3.8) is 0 Å². The fourth-order valence-corrected chi connectivity index (χ4v) is 3.25. The Labute approximate surface area is 134 Å². The normalized spacial score (nSPS) is 27.0. The average molecular weight is 342 g/mol. The van der Waals surface area contributed by atoms with Crippen molar-refractivity contribution in [1.82, 2.24) is 25.1 Å². The van der Waals surface area contributed by atoms with E-state index in [9.17, 15) is 14.7 Å². The Bertz CT molecular complexity index is 705. The van der Waals surface area contributed by atoms with Crippen LogP contribution >= 0.6 is 11.8 Å². The zero-order valence-electron chi connectivity index (χ0n) is 12.3. The molecule has 2 aliphatic heterocycles. The molecule has 2 atom stereocenters. The molecule has 124 valence electrons. The zero-order valence-corrected chi connectivity index (χ0v) is 13.1. The molecule has 1 amide bonds. The van der Waals surface area contributed by atoms with Gasteiger partial charge < -0.3 is 14.6 Å². The van der Waals surface area contributed by atoms with Crippen LogP contribution in [0.2, 0.25) is 0 Å².